The molecule has 0 spiro atoms. The molecule has 0 N–H and O–H groups in total. The monoisotopic (exact) mass is 738 g/mol. The molecule has 0 bridgehead atoms. The number of rotatable bonds is 11. The van der Waals surface area contributed by atoms with Gasteiger partial charge in [-0.2, -0.15) is 0 Å². The molecule has 0 saturated heterocycles. The van der Waals surface area contributed by atoms with Gasteiger partial charge in [-0.25, -0.2) is 16.8 Å². The molecule has 0 amide bonds. The van der Waals surface area contributed by atoms with E-state index in [0.717, 1.165) is 4.31 Å². The third kappa shape index (κ3) is 7.86. The van der Waals surface area contributed by atoms with Crippen molar-refractivity contribution in [1.82, 2.24) is 0 Å². The first-order valence-electron chi connectivity index (χ1n) is 12.7. The number of nitrogens with zero attached hydrogens (tertiary/aromatic N) is 2. The summed E-state index contributed by atoms with van der Waals surface area (Å²) in [4.78, 5) is -0.00362. The largest absolute Gasteiger partial charge is 0.265 e. The molecule has 4 aromatic rings. The van der Waals surface area contributed by atoms with Gasteiger partial charge in [-0.15, -0.1) is 0 Å². The maximum atomic E-state index is 14.0. The maximum absolute atomic E-state index is 14.0. The van der Waals surface area contributed by atoms with Crippen LogP contribution in [-0.2, 0) is 20.0 Å². The zero-order valence-electron chi connectivity index (χ0n) is 22.4. The van der Waals surface area contributed by atoms with Crippen molar-refractivity contribution in [1.29, 1.82) is 0 Å². The molecule has 1 atom stereocenters. The molecule has 6 nitrogen and oxygen atoms in total. The van der Waals surface area contributed by atoms with Gasteiger partial charge in [0.05, 0.1) is 31.2 Å². The van der Waals surface area contributed by atoms with Gasteiger partial charge in [-0.1, -0.05) is 69.6 Å². The van der Waals surface area contributed by atoms with Crippen molar-refractivity contribution in [2.24, 2.45) is 0 Å². The lowest BCUT2D eigenvalue weighted by atomic mass is 10.1. The van der Waals surface area contributed by atoms with Crippen LogP contribution < -0.4 is 8.61 Å². The van der Waals surface area contributed by atoms with Crippen molar-refractivity contribution in [3.05, 3.63) is 115 Å². The minimum absolute atomic E-state index is 0.00126. The zero-order chi connectivity index (χ0) is 31.5. The van der Waals surface area contributed by atoms with Gasteiger partial charge in [0, 0.05) is 32.7 Å². The van der Waals surface area contributed by atoms with Crippen molar-refractivity contribution in [3.8, 4) is 0 Å². The average molecular weight is 741 g/mol. The Hall–Kier alpha value is -1.88. The number of benzene rings is 4. The molecule has 0 heterocycles. The molecule has 43 heavy (non-hydrogen) atoms. The van der Waals surface area contributed by atoms with Crippen molar-refractivity contribution in [2.45, 2.75) is 35.6 Å². The molecule has 0 radical (unpaired) electrons. The van der Waals surface area contributed by atoms with Crippen molar-refractivity contribution in [2.75, 3.05) is 15.2 Å². The Labute approximate surface area is 281 Å². The van der Waals surface area contributed by atoms with Crippen LogP contribution in [0.15, 0.2) is 94.7 Å². The summed E-state index contributed by atoms with van der Waals surface area (Å²) in [6.07, 6.45) is 0.447. The topological polar surface area (TPSA) is 74.8 Å². The number of anilines is 2. The lowest BCUT2D eigenvalue weighted by molar-refractivity contribution is 0.560. The van der Waals surface area contributed by atoms with E-state index >= 15 is 0 Å². The molecule has 0 aromatic heterocycles. The minimum atomic E-state index is -4.15. The number of hydrogen-bond donors (Lipinski definition) is 0. The Balaban J connectivity index is 1.69. The average Bonchev–Trinajstić information content (AvgIpc) is 2.95. The number of halogens is 6. The smallest absolute Gasteiger partial charge is 0.264 e. The number of hydrogen-bond acceptors (Lipinski definition) is 4. The van der Waals surface area contributed by atoms with E-state index in [1.165, 1.54) is 77.1 Å². The molecule has 14 heteroatoms. The summed E-state index contributed by atoms with van der Waals surface area (Å²) in [5, 5.41) is 1.68. The van der Waals surface area contributed by atoms with Crippen LogP contribution in [0.3, 0.4) is 0 Å². The summed E-state index contributed by atoms with van der Waals surface area (Å²) in [6.45, 7) is 1.66. The molecule has 0 fully saturated rings. The second-order valence-electron chi connectivity index (χ2n) is 9.47. The molecule has 228 valence electrons. The van der Waals surface area contributed by atoms with Gasteiger partial charge in [-0.3, -0.25) is 8.61 Å². The second-order valence-corrected chi connectivity index (χ2v) is 15.7. The van der Waals surface area contributed by atoms with Crippen LogP contribution in [0.2, 0.25) is 30.1 Å². The first kappa shape index (κ1) is 34.0. The lowest BCUT2D eigenvalue weighted by Crippen LogP contribution is -2.40. The summed E-state index contributed by atoms with van der Waals surface area (Å²) in [5.41, 5.74) is 0.362. The van der Waals surface area contributed by atoms with Gasteiger partial charge in [0.15, 0.2) is 0 Å². The van der Waals surface area contributed by atoms with Crippen LogP contribution in [0.4, 0.5) is 11.4 Å². The molecule has 0 aliphatic heterocycles. The highest BCUT2D eigenvalue weighted by Gasteiger charge is 2.32. The minimum Gasteiger partial charge on any atom is -0.265 e. The summed E-state index contributed by atoms with van der Waals surface area (Å²) >= 11 is 37.4. The van der Waals surface area contributed by atoms with Crippen molar-refractivity contribution < 1.29 is 16.8 Å². The van der Waals surface area contributed by atoms with E-state index in [1.54, 1.807) is 19.1 Å². The van der Waals surface area contributed by atoms with E-state index in [1.807, 2.05) is 0 Å². The standard InChI is InChI=1S/C29H24Cl6N2O4S2/c1-19(37(29-18-23(33)9-15-27(29)35)43(40,41)25-12-6-21(31)7-13-25)3-2-16-36(28-17-22(32)8-14-26(28)34)42(38,39)24-10-4-20(30)5-11-24/h4-15,17-19H,2-3,16H2,1H3. The molecule has 4 rings (SSSR count). The molecule has 0 aliphatic carbocycles. The molecule has 0 aliphatic rings. The van der Waals surface area contributed by atoms with Crippen molar-refractivity contribution in [3.63, 3.8) is 0 Å². The third-order valence-corrected chi connectivity index (χ3v) is 11.9. The van der Waals surface area contributed by atoms with Crippen LogP contribution in [0.25, 0.3) is 0 Å². The van der Waals surface area contributed by atoms with E-state index in [-0.39, 0.29) is 50.6 Å². The van der Waals surface area contributed by atoms with Crippen LogP contribution in [0.1, 0.15) is 19.8 Å². The maximum Gasteiger partial charge on any atom is 0.264 e. The molecule has 4 aromatic carbocycles. The third-order valence-electron chi connectivity index (χ3n) is 6.48. The first-order valence-corrected chi connectivity index (χ1v) is 17.8. The number of sulfonamides is 2. The Kier molecular flexibility index (Phi) is 11.1. The normalized spacial score (nSPS) is 12.6. The van der Waals surface area contributed by atoms with Crippen LogP contribution in [0, 0.1) is 0 Å². The zero-order valence-corrected chi connectivity index (χ0v) is 28.6. The fourth-order valence-corrected chi connectivity index (χ4v) is 8.73. The first-order chi connectivity index (χ1) is 20.2. The Morgan fingerprint density at radius 1 is 0.581 bits per heavy atom. The van der Waals surface area contributed by atoms with Gasteiger partial charge < -0.3 is 0 Å². The van der Waals surface area contributed by atoms with E-state index in [2.05, 4.69) is 0 Å². The summed E-state index contributed by atoms with van der Waals surface area (Å²) in [5.74, 6) is 0. The fraction of sp³-hybridized carbons (Fsp3) is 0.172. The van der Waals surface area contributed by atoms with E-state index < -0.39 is 26.1 Å². The highest BCUT2D eigenvalue weighted by molar-refractivity contribution is 7.93. The van der Waals surface area contributed by atoms with Gasteiger partial charge in [0.1, 0.15) is 0 Å². The Morgan fingerprint density at radius 3 is 1.51 bits per heavy atom. The molecular weight excluding hydrogens is 717 g/mol. The SMILES string of the molecule is CC(CCCN(c1cc(Cl)ccc1Cl)S(=O)(=O)c1ccc(Cl)cc1)N(c1cc(Cl)ccc1Cl)S(=O)(=O)c1ccc(Cl)cc1. The molecule has 1 unspecified atom stereocenters. The highest BCUT2D eigenvalue weighted by Crippen LogP contribution is 2.37. The summed E-state index contributed by atoms with van der Waals surface area (Å²) < 4.78 is 57.9. The van der Waals surface area contributed by atoms with Crippen LogP contribution in [0.5, 0.6) is 0 Å². The van der Waals surface area contributed by atoms with Gasteiger partial charge in [0.25, 0.3) is 20.0 Å². The Bertz CT molecular complexity index is 1820. The van der Waals surface area contributed by atoms with E-state index in [4.69, 9.17) is 69.6 Å². The van der Waals surface area contributed by atoms with Crippen LogP contribution in [-0.4, -0.2) is 29.4 Å². The van der Waals surface area contributed by atoms with E-state index in [0.29, 0.717) is 20.1 Å². The Morgan fingerprint density at radius 2 is 1.00 bits per heavy atom. The molecule has 0 saturated carbocycles. The van der Waals surface area contributed by atoms with Gasteiger partial charge >= 0.3 is 0 Å². The van der Waals surface area contributed by atoms with Gasteiger partial charge in [0.2, 0.25) is 0 Å². The quantitative estimate of drug-likeness (QED) is 0.154. The lowest BCUT2D eigenvalue weighted by Gasteiger charge is -2.32. The fourth-order valence-electron chi connectivity index (χ4n) is 4.41. The van der Waals surface area contributed by atoms with Crippen molar-refractivity contribution >= 4 is 101 Å². The van der Waals surface area contributed by atoms with Crippen LogP contribution >= 0.6 is 69.6 Å². The predicted octanol–water partition coefficient (Wildman–Crippen LogP) is 9.87. The predicted molar refractivity (Wildman–Crippen MR) is 179 cm³/mol. The summed E-state index contributed by atoms with van der Waals surface area (Å²) in [6, 6.07) is 19.9. The van der Waals surface area contributed by atoms with E-state index in [9.17, 15) is 16.8 Å². The molecular formula is C29H24Cl6N2O4S2. The van der Waals surface area contributed by atoms with Gasteiger partial charge in [-0.05, 0) is 105 Å². The summed E-state index contributed by atoms with van der Waals surface area (Å²) in [7, 11) is -8.27. The highest BCUT2D eigenvalue weighted by atomic mass is 35.5. The second kappa shape index (κ2) is 14.0.